The van der Waals surface area contributed by atoms with E-state index in [2.05, 4.69) is 10.3 Å². The molecular formula is C11H15ClF3N3. The van der Waals surface area contributed by atoms with E-state index in [1.165, 1.54) is 6.07 Å². The fraction of sp³-hybridized carbons (Fsp3) is 0.545. The molecule has 7 heteroatoms. The maximum atomic E-state index is 12.5. The monoisotopic (exact) mass is 281 g/mol. The summed E-state index contributed by atoms with van der Waals surface area (Å²) in [4.78, 5) is 3.62. The molecule has 3 nitrogen and oxygen atoms in total. The summed E-state index contributed by atoms with van der Waals surface area (Å²) in [5.74, 6) is 0. The van der Waals surface area contributed by atoms with E-state index in [-0.39, 0.29) is 18.4 Å². The molecule has 0 amide bonds. The summed E-state index contributed by atoms with van der Waals surface area (Å²) in [6, 6.07) is 2.17. The zero-order valence-corrected chi connectivity index (χ0v) is 10.6. The molecule has 1 aliphatic heterocycles. The molecule has 0 saturated heterocycles. The van der Waals surface area contributed by atoms with Crippen LogP contribution >= 0.6 is 12.4 Å². The number of fused-ring (bicyclic) bond motifs is 1. The molecular weight excluding hydrogens is 267 g/mol. The van der Waals surface area contributed by atoms with Gasteiger partial charge in [-0.05, 0) is 25.0 Å². The van der Waals surface area contributed by atoms with Crippen LogP contribution in [0.25, 0.3) is 0 Å². The van der Waals surface area contributed by atoms with Gasteiger partial charge in [0.2, 0.25) is 0 Å². The highest BCUT2D eigenvalue weighted by Gasteiger charge is 2.34. The maximum Gasteiger partial charge on any atom is 0.433 e. The number of rotatable bonds is 1. The Morgan fingerprint density at radius 3 is 2.67 bits per heavy atom. The van der Waals surface area contributed by atoms with Crippen molar-refractivity contribution in [3.63, 3.8) is 0 Å². The number of aromatic nitrogens is 1. The van der Waals surface area contributed by atoms with E-state index in [9.17, 15) is 13.2 Å². The van der Waals surface area contributed by atoms with Gasteiger partial charge in [-0.1, -0.05) is 6.92 Å². The third-order valence-electron chi connectivity index (χ3n) is 2.96. The number of anilines is 1. The molecule has 0 fully saturated rings. The van der Waals surface area contributed by atoms with Crippen molar-refractivity contribution in [1.29, 1.82) is 0 Å². The lowest BCUT2D eigenvalue weighted by Gasteiger charge is -2.30. The Labute approximate surface area is 109 Å². The minimum Gasteiger partial charge on any atom is -0.381 e. The van der Waals surface area contributed by atoms with E-state index < -0.39 is 17.9 Å². The summed E-state index contributed by atoms with van der Waals surface area (Å²) in [5, 5.41) is 3.15. The first-order valence-corrected chi connectivity index (χ1v) is 5.52. The van der Waals surface area contributed by atoms with E-state index in [0.717, 1.165) is 12.5 Å². The number of alkyl halides is 3. The zero-order chi connectivity index (χ0) is 12.6. The molecule has 2 unspecified atom stereocenters. The number of nitrogens with one attached hydrogen (secondary N) is 1. The molecule has 2 heterocycles. The van der Waals surface area contributed by atoms with Crippen LogP contribution in [0.1, 0.15) is 37.2 Å². The van der Waals surface area contributed by atoms with Gasteiger partial charge in [-0.2, -0.15) is 13.2 Å². The van der Waals surface area contributed by atoms with Crippen molar-refractivity contribution in [2.24, 2.45) is 5.73 Å². The van der Waals surface area contributed by atoms with Crippen LogP contribution in [0.4, 0.5) is 18.9 Å². The third-order valence-corrected chi connectivity index (χ3v) is 2.96. The fourth-order valence-corrected chi connectivity index (χ4v) is 2.00. The summed E-state index contributed by atoms with van der Waals surface area (Å²) in [6.07, 6.45) is -2.93. The van der Waals surface area contributed by atoms with Crippen molar-refractivity contribution < 1.29 is 13.2 Å². The highest BCUT2D eigenvalue weighted by Crippen LogP contribution is 2.34. The summed E-state index contributed by atoms with van der Waals surface area (Å²) in [7, 11) is 0. The van der Waals surface area contributed by atoms with E-state index in [1.54, 1.807) is 0 Å². The number of nitrogens with two attached hydrogens (primary N) is 1. The van der Waals surface area contributed by atoms with Gasteiger partial charge < -0.3 is 11.1 Å². The average Bonchev–Trinajstić information content (AvgIpc) is 2.27. The van der Waals surface area contributed by atoms with Crippen LogP contribution in [0.5, 0.6) is 0 Å². The highest BCUT2D eigenvalue weighted by molar-refractivity contribution is 5.85. The maximum absolute atomic E-state index is 12.5. The van der Waals surface area contributed by atoms with Crippen LogP contribution in [0, 0.1) is 0 Å². The van der Waals surface area contributed by atoms with Gasteiger partial charge in [0, 0.05) is 6.04 Å². The number of hydrogen-bond donors (Lipinski definition) is 2. The molecule has 0 aliphatic carbocycles. The molecule has 2 atom stereocenters. The predicted octanol–water partition coefficient (Wildman–Crippen LogP) is 3.12. The number of nitrogens with zero attached hydrogens (tertiary/aromatic N) is 1. The normalized spacial score (nSPS) is 22.7. The van der Waals surface area contributed by atoms with Crippen molar-refractivity contribution in [3.05, 3.63) is 23.5 Å². The van der Waals surface area contributed by atoms with Gasteiger partial charge in [0.15, 0.2) is 0 Å². The van der Waals surface area contributed by atoms with Crippen LogP contribution in [0.15, 0.2) is 12.1 Å². The van der Waals surface area contributed by atoms with Crippen molar-refractivity contribution in [2.75, 3.05) is 5.32 Å². The van der Waals surface area contributed by atoms with E-state index in [0.29, 0.717) is 17.8 Å². The smallest absolute Gasteiger partial charge is 0.381 e. The van der Waals surface area contributed by atoms with Gasteiger partial charge >= 0.3 is 6.18 Å². The lowest BCUT2D eigenvalue weighted by molar-refractivity contribution is -0.141. The lowest BCUT2D eigenvalue weighted by atomic mass is 9.96. The summed E-state index contributed by atoms with van der Waals surface area (Å²) < 4.78 is 37.5. The van der Waals surface area contributed by atoms with E-state index in [1.807, 2.05) is 6.92 Å². The van der Waals surface area contributed by atoms with Crippen molar-refractivity contribution >= 4 is 18.1 Å². The minimum atomic E-state index is -4.42. The van der Waals surface area contributed by atoms with Gasteiger partial charge in [-0.25, -0.2) is 4.98 Å². The first-order chi connectivity index (χ1) is 7.91. The summed E-state index contributed by atoms with van der Waals surface area (Å²) in [6.45, 7) is 2.01. The van der Waals surface area contributed by atoms with E-state index in [4.69, 9.17) is 5.73 Å². The van der Waals surface area contributed by atoms with Gasteiger partial charge in [-0.15, -0.1) is 12.4 Å². The molecule has 0 spiro atoms. The van der Waals surface area contributed by atoms with Crippen LogP contribution in [-0.4, -0.2) is 11.0 Å². The Hall–Kier alpha value is -1.01. The molecule has 0 aromatic carbocycles. The van der Waals surface area contributed by atoms with Gasteiger partial charge in [0.25, 0.3) is 0 Å². The SMILES string of the molecule is CCC1CC(N)c2nc(C(F)(F)F)ccc2N1.Cl. The second kappa shape index (κ2) is 5.32. The largest absolute Gasteiger partial charge is 0.433 e. The minimum absolute atomic E-state index is 0. The highest BCUT2D eigenvalue weighted by atomic mass is 35.5. The predicted molar refractivity (Wildman–Crippen MR) is 65.7 cm³/mol. The van der Waals surface area contributed by atoms with Crippen molar-refractivity contribution in [3.8, 4) is 0 Å². The standard InChI is InChI=1S/C11H14F3N3.ClH/c1-2-6-5-7(15)10-8(16-6)3-4-9(17-10)11(12,13)14;/h3-4,6-7,16H,2,5,15H2,1H3;1H. The van der Waals surface area contributed by atoms with Gasteiger partial charge in [0.1, 0.15) is 5.69 Å². The quantitative estimate of drug-likeness (QED) is 0.831. The topological polar surface area (TPSA) is 50.9 Å². The average molecular weight is 282 g/mol. The molecule has 102 valence electrons. The molecule has 1 aromatic heterocycles. The zero-order valence-electron chi connectivity index (χ0n) is 9.79. The second-order valence-corrected chi connectivity index (χ2v) is 4.22. The van der Waals surface area contributed by atoms with E-state index >= 15 is 0 Å². The molecule has 0 bridgehead atoms. The Morgan fingerprint density at radius 1 is 1.44 bits per heavy atom. The molecule has 1 aromatic rings. The number of pyridine rings is 1. The third kappa shape index (κ3) is 2.87. The number of hydrogen-bond acceptors (Lipinski definition) is 3. The van der Waals surface area contributed by atoms with Gasteiger partial charge in [0.05, 0.1) is 17.4 Å². The van der Waals surface area contributed by atoms with Crippen molar-refractivity contribution in [1.82, 2.24) is 4.98 Å². The second-order valence-electron chi connectivity index (χ2n) is 4.22. The fourth-order valence-electron chi connectivity index (χ4n) is 2.00. The van der Waals surface area contributed by atoms with Crippen LogP contribution in [0.3, 0.4) is 0 Å². The lowest BCUT2D eigenvalue weighted by Crippen LogP contribution is -2.32. The molecule has 0 saturated carbocycles. The van der Waals surface area contributed by atoms with Crippen molar-refractivity contribution in [2.45, 2.75) is 38.0 Å². The van der Waals surface area contributed by atoms with Gasteiger partial charge in [-0.3, -0.25) is 0 Å². The molecule has 3 N–H and O–H groups in total. The molecule has 1 aliphatic rings. The summed E-state index contributed by atoms with van der Waals surface area (Å²) >= 11 is 0. The molecule has 0 radical (unpaired) electrons. The first kappa shape index (κ1) is 15.0. The first-order valence-electron chi connectivity index (χ1n) is 5.52. The van der Waals surface area contributed by atoms with Crippen LogP contribution < -0.4 is 11.1 Å². The number of halogens is 4. The van der Waals surface area contributed by atoms with Crippen LogP contribution in [0.2, 0.25) is 0 Å². The Bertz CT molecular complexity index is 422. The Balaban J connectivity index is 0.00000162. The molecule has 2 rings (SSSR count). The Kier molecular flexibility index (Phi) is 4.45. The van der Waals surface area contributed by atoms with Crippen LogP contribution in [-0.2, 0) is 6.18 Å². The summed E-state index contributed by atoms with van der Waals surface area (Å²) in [5.41, 5.74) is 5.89. The molecule has 18 heavy (non-hydrogen) atoms. The Morgan fingerprint density at radius 2 is 2.11 bits per heavy atom.